The fourth-order valence-electron chi connectivity index (χ4n) is 3.76. The Morgan fingerprint density at radius 3 is 2.76 bits per heavy atom. The average Bonchev–Trinajstić information content (AvgIpc) is 3.45. The van der Waals surface area contributed by atoms with Gasteiger partial charge in [0.1, 0.15) is 12.9 Å². The second-order valence-corrected chi connectivity index (χ2v) is 9.20. The van der Waals surface area contributed by atoms with Crippen molar-refractivity contribution in [3.8, 4) is 0 Å². The highest BCUT2D eigenvalue weighted by Crippen LogP contribution is 2.39. The zero-order chi connectivity index (χ0) is 26.0. The Balaban J connectivity index is 1.46. The van der Waals surface area contributed by atoms with Crippen LogP contribution in [0.1, 0.15) is 42.4 Å². The van der Waals surface area contributed by atoms with Crippen molar-refractivity contribution in [3.05, 3.63) is 71.5 Å². The maximum Gasteiger partial charge on any atom is 0.325 e. The van der Waals surface area contributed by atoms with Crippen molar-refractivity contribution in [3.63, 3.8) is 0 Å². The van der Waals surface area contributed by atoms with E-state index < -0.39 is 18.3 Å². The monoisotopic (exact) mass is 527 g/mol. The van der Waals surface area contributed by atoms with Gasteiger partial charge in [-0.05, 0) is 30.2 Å². The number of benzene rings is 2. The molecule has 11 nitrogen and oxygen atoms in total. The number of nitrogens with zero attached hydrogens (tertiary/aromatic N) is 2. The van der Waals surface area contributed by atoms with Crippen LogP contribution in [0, 0.1) is 0 Å². The number of hydrogen-bond acceptors (Lipinski definition) is 9. The smallest absolute Gasteiger partial charge is 0.325 e. The summed E-state index contributed by atoms with van der Waals surface area (Å²) < 4.78 is 17.5. The number of thioether (sulfide) groups is 1. The normalized spacial score (nSPS) is 19.2. The van der Waals surface area contributed by atoms with E-state index in [4.69, 9.17) is 14.2 Å². The standard InChI is InChI=1S/C25H29N5O6S/c1-2-34-22(32)12-26-24(33)29-19-5-3-4-18(10-19)23-35-20(14-37-25-27-15-28-30-25)11-21(36-23)17-8-6-16(13-31)7-9-17/h3-10,15,20-21,23,31H,2,11-14H2,1H3,(H2,26,29,33)(H,27,28,30)/t20-,21+,23+/m0/s1. The lowest BCUT2D eigenvalue weighted by Crippen LogP contribution is -2.34. The quantitative estimate of drug-likeness (QED) is 0.230. The number of carbonyl (C=O) groups excluding carboxylic acids is 2. The Hall–Kier alpha value is -3.45. The molecule has 0 radical (unpaired) electrons. The predicted octanol–water partition coefficient (Wildman–Crippen LogP) is 3.32. The molecule has 1 aliphatic heterocycles. The van der Waals surface area contributed by atoms with Gasteiger partial charge in [0.05, 0.1) is 25.4 Å². The molecular weight excluding hydrogens is 498 g/mol. The summed E-state index contributed by atoms with van der Waals surface area (Å²) in [5, 5.41) is 22.0. The highest BCUT2D eigenvalue weighted by Gasteiger charge is 2.32. The van der Waals surface area contributed by atoms with Gasteiger partial charge < -0.3 is 30.0 Å². The Morgan fingerprint density at radius 1 is 1.19 bits per heavy atom. The lowest BCUT2D eigenvalue weighted by Gasteiger charge is -2.36. The number of rotatable bonds is 10. The fraction of sp³-hybridized carbons (Fsp3) is 0.360. The third-order valence-electron chi connectivity index (χ3n) is 5.53. The first kappa shape index (κ1) is 26.6. The van der Waals surface area contributed by atoms with E-state index in [1.807, 2.05) is 30.3 Å². The number of hydrogen-bond donors (Lipinski definition) is 4. The van der Waals surface area contributed by atoms with Crippen molar-refractivity contribution in [2.24, 2.45) is 0 Å². The number of ether oxygens (including phenoxy) is 3. The summed E-state index contributed by atoms with van der Waals surface area (Å²) >= 11 is 1.51. The van der Waals surface area contributed by atoms with Crippen LogP contribution in [0.5, 0.6) is 0 Å². The maximum absolute atomic E-state index is 12.2. The van der Waals surface area contributed by atoms with Crippen molar-refractivity contribution in [1.29, 1.82) is 0 Å². The highest BCUT2D eigenvalue weighted by atomic mass is 32.2. The SMILES string of the molecule is CCOC(=O)CNC(=O)Nc1cccc([C@@H]2O[C@H](CSc3ncn[nH]3)C[C@H](c3ccc(CO)cc3)O2)c1. The first-order valence-corrected chi connectivity index (χ1v) is 12.8. The van der Waals surface area contributed by atoms with E-state index in [-0.39, 0.29) is 32.0 Å². The average molecular weight is 528 g/mol. The maximum atomic E-state index is 12.2. The van der Waals surface area contributed by atoms with Crippen molar-refractivity contribution < 1.29 is 28.9 Å². The Morgan fingerprint density at radius 2 is 2.03 bits per heavy atom. The van der Waals surface area contributed by atoms with Crippen LogP contribution in [0.2, 0.25) is 0 Å². The Labute approximate surface area is 218 Å². The Bertz CT molecular complexity index is 1160. The molecule has 2 aromatic carbocycles. The molecule has 0 bridgehead atoms. The fourth-order valence-corrected chi connectivity index (χ4v) is 4.56. The van der Waals surface area contributed by atoms with Crippen molar-refractivity contribution in [2.45, 2.75) is 43.6 Å². The van der Waals surface area contributed by atoms with Crippen molar-refractivity contribution >= 4 is 29.4 Å². The zero-order valence-corrected chi connectivity index (χ0v) is 21.1. The van der Waals surface area contributed by atoms with Crippen LogP contribution in [-0.2, 0) is 25.6 Å². The molecule has 2 heterocycles. The zero-order valence-electron chi connectivity index (χ0n) is 20.3. The molecule has 0 unspecified atom stereocenters. The predicted molar refractivity (Wildman–Crippen MR) is 136 cm³/mol. The van der Waals surface area contributed by atoms with Gasteiger partial charge in [0.25, 0.3) is 0 Å². The molecule has 4 N–H and O–H groups in total. The van der Waals surface area contributed by atoms with Crippen LogP contribution < -0.4 is 10.6 Å². The first-order valence-electron chi connectivity index (χ1n) is 11.8. The number of carbonyl (C=O) groups is 2. The summed E-state index contributed by atoms with van der Waals surface area (Å²) in [6, 6.07) is 14.3. The third kappa shape index (κ3) is 7.76. The molecule has 3 aromatic rings. The van der Waals surface area contributed by atoms with Gasteiger partial charge in [-0.1, -0.05) is 48.2 Å². The highest BCUT2D eigenvalue weighted by molar-refractivity contribution is 7.99. The van der Waals surface area contributed by atoms with Gasteiger partial charge in [-0.15, -0.1) is 0 Å². The van der Waals surface area contributed by atoms with E-state index in [0.717, 1.165) is 16.7 Å². The van der Waals surface area contributed by atoms with Crippen LogP contribution in [0.25, 0.3) is 0 Å². The molecule has 1 fully saturated rings. The van der Waals surface area contributed by atoms with Gasteiger partial charge in [0.2, 0.25) is 0 Å². The van der Waals surface area contributed by atoms with E-state index in [1.165, 1.54) is 18.1 Å². The summed E-state index contributed by atoms with van der Waals surface area (Å²) in [6.07, 6.45) is 1.02. The number of aromatic nitrogens is 3. The molecule has 196 valence electrons. The number of H-pyrrole nitrogens is 1. The number of nitrogens with one attached hydrogen (secondary N) is 3. The Kier molecular flexibility index (Phi) is 9.49. The van der Waals surface area contributed by atoms with Gasteiger partial charge in [0.15, 0.2) is 11.4 Å². The first-order chi connectivity index (χ1) is 18.0. The minimum Gasteiger partial charge on any atom is -0.465 e. The summed E-state index contributed by atoms with van der Waals surface area (Å²) in [5.74, 6) is 0.122. The second-order valence-electron chi connectivity index (χ2n) is 8.19. The molecule has 37 heavy (non-hydrogen) atoms. The summed E-state index contributed by atoms with van der Waals surface area (Å²) in [5.41, 5.74) is 3.06. The summed E-state index contributed by atoms with van der Waals surface area (Å²) in [6.45, 7) is 1.69. The molecule has 0 aliphatic carbocycles. The molecule has 1 aliphatic rings. The van der Waals surface area contributed by atoms with E-state index in [9.17, 15) is 14.7 Å². The largest absolute Gasteiger partial charge is 0.465 e. The van der Waals surface area contributed by atoms with Gasteiger partial charge in [-0.3, -0.25) is 9.89 Å². The topological polar surface area (TPSA) is 148 Å². The van der Waals surface area contributed by atoms with E-state index in [2.05, 4.69) is 25.8 Å². The number of esters is 1. The molecule has 12 heteroatoms. The summed E-state index contributed by atoms with van der Waals surface area (Å²) in [4.78, 5) is 27.9. The molecule has 1 aromatic heterocycles. The minimum atomic E-state index is -0.680. The van der Waals surface area contributed by atoms with Crippen LogP contribution in [0.15, 0.2) is 60.0 Å². The molecule has 0 spiro atoms. The number of amides is 2. The van der Waals surface area contributed by atoms with Crippen molar-refractivity contribution in [1.82, 2.24) is 20.5 Å². The lowest BCUT2D eigenvalue weighted by molar-refractivity contribution is -0.245. The number of urea groups is 1. The van der Waals surface area contributed by atoms with Gasteiger partial charge in [-0.25, -0.2) is 9.78 Å². The van der Waals surface area contributed by atoms with Crippen LogP contribution >= 0.6 is 11.8 Å². The van der Waals surface area contributed by atoms with Crippen molar-refractivity contribution in [2.75, 3.05) is 24.2 Å². The third-order valence-corrected chi connectivity index (χ3v) is 6.54. The van der Waals surface area contributed by atoms with E-state index in [1.54, 1.807) is 25.1 Å². The molecule has 2 amide bonds. The van der Waals surface area contributed by atoms with Gasteiger partial charge >= 0.3 is 12.0 Å². The van der Waals surface area contributed by atoms with E-state index >= 15 is 0 Å². The van der Waals surface area contributed by atoms with Gasteiger partial charge in [0, 0.05) is 23.4 Å². The molecule has 1 saturated heterocycles. The second kappa shape index (κ2) is 13.2. The number of aromatic amines is 1. The molecule has 0 saturated carbocycles. The summed E-state index contributed by atoms with van der Waals surface area (Å²) in [7, 11) is 0. The lowest BCUT2D eigenvalue weighted by atomic mass is 10.0. The van der Waals surface area contributed by atoms with Crippen LogP contribution in [0.3, 0.4) is 0 Å². The molecule has 3 atom stereocenters. The number of aliphatic hydroxyl groups excluding tert-OH is 1. The molecule has 4 rings (SSSR count). The minimum absolute atomic E-state index is 0.0266. The van der Waals surface area contributed by atoms with E-state index in [0.29, 0.717) is 23.0 Å². The van der Waals surface area contributed by atoms with Crippen LogP contribution in [-0.4, -0.2) is 57.3 Å². The molecular formula is C25H29N5O6S. The van der Waals surface area contributed by atoms with Gasteiger partial charge in [-0.2, -0.15) is 5.10 Å². The number of aliphatic hydroxyl groups is 1. The van der Waals surface area contributed by atoms with Crippen LogP contribution in [0.4, 0.5) is 10.5 Å². The number of anilines is 1.